The third-order valence-corrected chi connectivity index (χ3v) is 6.79. The Bertz CT molecular complexity index is 1550. The Kier molecular flexibility index (Phi) is 8.31. The number of hydrogen-bond donors (Lipinski definition) is 1. The Hall–Kier alpha value is -3.28. The molecule has 0 saturated heterocycles. The average Bonchev–Trinajstić information content (AvgIpc) is 3.14. The molecule has 13 heteroatoms. The molecule has 1 aromatic heterocycles. The number of carbonyl (C=O) groups is 3. The number of carbonyl (C=O) groups excluding carboxylic acids is 3. The molecule has 0 spiro atoms. The second-order valence-corrected chi connectivity index (χ2v) is 13.2. The summed E-state index contributed by atoms with van der Waals surface area (Å²) >= 11 is 11.9. The smallest absolute Gasteiger partial charge is 0.419 e. The molecule has 0 aliphatic rings. The summed E-state index contributed by atoms with van der Waals surface area (Å²) in [5.41, 5.74) is -1.46. The fourth-order valence-corrected chi connectivity index (χ4v) is 5.19. The van der Waals surface area contributed by atoms with E-state index < -0.39 is 39.3 Å². The standard InChI is InChI=1S/C26H29Cl2N3O7S/c1-25(2,3)37-23(33)30(7)22(32)20-14-31(24(34)38-26(4,5)6)21-13-17(8-9-19(20)21)29-39(35,36)18-11-15(27)10-16(28)12-18/h8-14,29H,1-7H3. The molecule has 0 fully saturated rings. The predicted octanol–water partition coefficient (Wildman–Crippen LogP) is 6.54. The zero-order valence-electron chi connectivity index (χ0n) is 22.5. The zero-order chi connectivity index (χ0) is 29.5. The summed E-state index contributed by atoms with van der Waals surface area (Å²) in [6, 6.07) is 8.11. The van der Waals surface area contributed by atoms with Gasteiger partial charge in [-0.2, -0.15) is 0 Å². The van der Waals surface area contributed by atoms with E-state index in [4.69, 9.17) is 32.7 Å². The summed E-state index contributed by atoms with van der Waals surface area (Å²) in [7, 11) is -2.87. The number of nitrogens with one attached hydrogen (secondary N) is 1. The van der Waals surface area contributed by atoms with Gasteiger partial charge < -0.3 is 9.47 Å². The zero-order valence-corrected chi connectivity index (χ0v) is 24.8. The van der Waals surface area contributed by atoms with Crippen LogP contribution in [0.15, 0.2) is 47.5 Å². The van der Waals surface area contributed by atoms with Crippen molar-refractivity contribution >= 4 is 67.9 Å². The number of sulfonamides is 1. The molecule has 1 heterocycles. The highest BCUT2D eigenvalue weighted by Crippen LogP contribution is 2.29. The molecule has 3 rings (SSSR count). The molecular formula is C26H29Cl2N3O7S. The number of nitrogens with zero attached hydrogens (tertiary/aromatic N) is 2. The van der Waals surface area contributed by atoms with Crippen LogP contribution in [0.4, 0.5) is 15.3 Å². The Labute approximate surface area is 236 Å². The SMILES string of the molecule is CN(C(=O)OC(C)(C)C)C(=O)c1cn(C(=O)OC(C)(C)C)c2cc(NS(=O)(=O)c3cc(Cl)cc(Cl)c3)ccc12. The Morgan fingerprint density at radius 3 is 2.00 bits per heavy atom. The van der Waals surface area contributed by atoms with Gasteiger partial charge in [-0.3, -0.25) is 14.1 Å². The molecule has 210 valence electrons. The molecule has 0 aliphatic heterocycles. The van der Waals surface area contributed by atoms with Crippen LogP contribution in [0.25, 0.3) is 10.9 Å². The third-order valence-electron chi connectivity index (χ3n) is 5.00. The lowest BCUT2D eigenvalue weighted by atomic mass is 10.1. The Balaban J connectivity index is 2.09. The minimum atomic E-state index is -4.12. The number of halogens is 2. The lowest BCUT2D eigenvalue weighted by Gasteiger charge is -2.23. The molecule has 10 nitrogen and oxygen atoms in total. The van der Waals surface area contributed by atoms with Crippen LogP contribution in [0.2, 0.25) is 10.0 Å². The van der Waals surface area contributed by atoms with E-state index in [9.17, 15) is 22.8 Å². The summed E-state index contributed by atoms with van der Waals surface area (Å²) in [6.45, 7) is 10.0. The molecule has 39 heavy (non-hydrogen) atoms. The first-order valence-corrected chi connectivity index (χ1v) is 13.9. The largest absolute Gasteiger partial charge is 0.443 e. The van der Waals surface area contributed by atoms with E-state index in [1.54, 1.807) is 41.5 Å². The lowest BCUT2D eigenvalue weighted by molar-refractivity contribution is 0.0285. The number of imide groups is 1. The average molecular weight is 599 g/mol. The van der Waals surface area contributed by atoms with Gasteiger partial charge in [-0.05, 0) is 77.9 Å². The Morgan fingerprint density at radius 2 is 1.46 bits per heavy atom. The molecule has 2 amide bonds. The highest BCUT2D eigenvalue weighted by Gasteiger charge is 2.29. The van der Waals surface area contributed by atoms with Crippen molar-refractivity contribution in [1.82, 2.24) is 9.47 Å². The van der Waals surface area contributed by atoms with Gasteiger partial charge in [0.2, 0.25) is 0 Å². The molecular weight excluding hydrogens is 569 g/mol. The van der Waals surface area contributed by atoms with E-state index in [1.165, 1.54) is 49.6 Å². The maximum atomic E-state index is 13.3. The fourth-order valence-electron chi connectivity index (χ4n) is 3.41. The maximum absolute atomic E-state index is 13.3. The molecule has 2 aromatic carbocycles. The number of rotatable bonds is 4. The number of aromatic nitrogens is 1. The van der Waals surface area contributed by atoms with Crippen LogP contribution in [-0.4, -0.2) is 54.2 Å². The third kappa shape index (κ3) is 7.43. The maximum Gasteiger partial charge on any atom is 0.419 e. The van der Waals surface area contributed by atoms with E-state index in [1.807, 2.05) is 0 Å². The van der Waals surface area contributed by atoms with Crippen LogP contribution in [0.5, 0.6) is 0 Å². The highest BCUT2D eigenvalue weighted by molar-refractivity contribution is 7.92. The van der Waals surface area contributed by atoms with Crippen molar-refractivity contribution in [2.45, 2.75) is 57.6 Å². The van der Waals surface area contributed by atoms with Crippen molar-refractivity contribution in [3.8, 4) is 0 Å². The summed E-state index contributed by atoms with van der Waals surface area (Å²) in [5, 5.41) is 0.541. The van der Waals surface area contributed by atoms with E-state index in [0.29, 0.717) is 0 Å². The van der Waals surface area contributed by atoms with Gasteiger partial charge in [-0.15, -0.1) is 0 Å². The normalized spacial score (nSPS) is 12.2. The second kappa shape index (κ2) is 10.7. The van der Waals surface area contributed by atoms with Crippen LogP contribution in [0, 0.1) is 0 Å². The summed E-state index contributed by atoms with van der Waals surface area (Å²) in [5.74, 6) is -0.738. The molecule has 0 aliphatic carbocycles. The molecule has 0 unspecified atom stereocenters. The number of anilines is 1. The van der Waals surface area contributed by atoms with Gasteiger partial charge in [-0.25, -0.2) is 22.9 Å². The number of benzene rings is 2. The quantitative estimate of drug-likeness (QED) is 0.362. The van der Waals surface area contributed by atoms with Gasteiger partial charge in [0, 0.05) is 28.7 Å². The van der Waals surface area contributed by atoms with Gasteiger partial charge in [-0.1, -0.05) is 23.2 Å². The van der Waals surface area contributed by atoms with Gasteiger partial charge in [0.25, 0.3) is 15.9 Å². The second-order valence-electron chi connectivity index (χ2n) is 10.7. The minimum Gasteiger partial charge on any atom is -0.443 e. The van der Waals surface area contributed by atoms with Crippen LogP contribution in [-0.2, 0) is 19.5 Å². The first-order chi connectivity index (χ1) is 17.8. The van der Waals surface area contributed by atoms with Crippen LogP contribution in [0.3, 0.4) is 0 Å². The van der Waals surface area contributed by atoms with Gasteiger partial charge in [0.15, 0.2) is 0 Å². The topological polar surface area (TPSA) is 124 Å². The lowest BCUT2D eigenvalue weighted by Crippen LogP contribution is -2.38. The van der Waals surface area contributed by atoms with Crippen molar-refractivity contribution in [1.29, 1.82) is 0 Å². The van der Waals surface area contributed by atoms with Crippen molar-refractivity contribution in [3.63, 3.8) is 0 Å². The van der Waals surface area contributed by atoms with E-state index >= 15 is 0 Å². The first kappa shape index (κ1) is 30.3. The highest BCUT2D eigenvalue weighted by atomic mass is 35.5. The molecule has 0 bridgehead atoms. The van der Waals surface area contributed by atoms with Gasteiger partial charge >= 0.3 is 12.2 Å². The van der Waals surface area contributed by atoms with Crippen LogP contribution in [0.1, 0.15) is 51.9 Å². The fraction of sp³-hybridized carbons (Fsp3) is 0.346. The Morgan fingerprint density at radius 1 is 0.897 bits per heavy atom. The van der Waals surface area contributed by atoms with E-state index in [-0.39, 0.29) is 37.1 Å². The van der Waals surface area contributed by atoms with E-state index in [0.717, 1.165) is 9.47 Å². The minimum absolute atomic E-state index is 0.000230. The van der Waals surface area contributed by atoms with Crippen LogP contribution < -0.4 is 4.72 Å². The van der Waals surface area contributed by atoms with Crippen molar-refractivity contribution in [3.05, 3.63) is 58.2 Å². The van der Waals surface area contributed by atoms with E-state index in [2.05, 4.69) is 4.72 Å². The molecule has 1 N–H and O–H groups in total. The van der Waals surface area contributed by atoms with Crippen LogP contribution >= 0.6 is 23.2 Å². The van der Waals surface area contributed by atoms with Gasteiger partial charge in [0.1, 0.15) is 11.2 Å². The summed E-state index contributed by atoms with van der Waals surface area (Å²) in [6.07, 6.45) is -0.458. The summed E-state index contributed by atoms with van der Waals surface area (Å²) in [4.78, 5) is 39.5. The molecule has 0 radical (unpaired) electrons. The number of ether oxygens (including phenoxy) is 2. The number of hydrogen-bond acceptors (Lipinski definition) is 7. The van der Waals surface area contributed by atoms with Gasteiger partial charge in [0.05, 0.1) is 21.7 Å². The predicted molar refractivity (Wildman–Crippen MR) is 149 cm³/mol. The first-order valence-electron chi connectivity index (χ1n) is 11.7. The summed E-state index contributed by atoms with van der Waals surface area (Å²) < 4.78 is 40.3. The van der Waals surface area contributed by atoms with Crippen molar-refractivity contribution in [2.24, 2.45) is 0 Å². The van der Waals surface area contributed by atoms with Crippen molar-refractivity contribution in [2.75, 3.05) is 11.8 Å². The molecule has 3 aromatic rings. The van der Waals surface area contributed by atoms with Crippen molar-refractivity contribution < 1.29 is 32.3 Å². The number of amides is 2. The number of fused-ring (bicyclic) bond motifs is 1. The monoisotopic (exact) mass is 597 g/mol. The molecule has 0 atom stereocenters. The molecule has 0 saturated carbocycles.